The summed E-state index contributed by atoms with van der Waals surface area (Å²) < 4.78 is 22.4. The van der Waals surface area contributed by atoms with Crippen LogP contribution in [0.5, 0.6) is 0 Å². The number of aromatic nitrogens is 1. The summed E-state index contributed by atoms with van der Waals surface area (Å²) >= 11 is 8.98. The lowest BCUT2D eigenvalue weighted by atomic mass is 10.4. The minimum absolute atomic E-state index is 0.0732. The normalized spacial score (nSPS) is 11.4. The highest BCUT2D eigenvalue weighted by Gasteiger charge is 2.04. The fraction of sp³-hybridized carbons (Fsp3) is 0.375. The molecular formula is C8H10BrClN2O2S. The van der Waals surface area contributed by atoms with Gasteiger partial charge in [0.2, 0.25) is 0 Å². The van der Waals surface area contributed by atoms with Crippen LogP contribution in [0.25, 0.3) is 0 Å². The fourth-order valence-corrected chi connectivity index (χ4v) is 2.15. The third kappa shape index (κ3) is 4.81. The van der Waals surface area contributed by atoms with Gasteiger partial charge in [-0.1, -0.05) is 11.6 Å². The van der Waals surface area contributed by atoms with Gasteiger partial charge in [0.1, 0.15) is 15.7 Å². The predicted octanol–water partition coefficient (Wildman–Crippen LogP) is 1.95. The van der Waals surface area contributed by atoms with Crippen molar-refractivity contribution in [3.63, 3.8) is 0 Å². The van der Waals surface area contributed by atoms with Crippen LogP contribution in [0.4, 0.5) is 5.82 Å². The fourth-order valence-electron chi connectivity index (χ4n) is 0.899. The van der Waals surface area contributed by atoms with Gasteiger partial charge in [-0.05, 0) is 22.0 Å². The van der Waals surface area contributed by atoms with Gasteiger partial charge < -0.3 is 5.32 Å². The van der Waals surface area contributed by atoms with Crippen molar-refractivity contribution >= 4 is 43.2 Å². The van der Waals surface area contributed by atoms with E-state index in [0.717, 1.165) is 0 Å². The molecule has 84 valence electrons. The largest absolute Gasteiger partial charge is 0.368 e. The van der Waals surface area contributed by atoms with E-state index < -0.39 is 9.84 Å². The summed E-state index contributed by atoms with van der Waals surface area (Å²) in [6, 6.07) is 1.69. The quantitative estimate of drug-likeness (QED) is 0.923. The Kier molecular flexibility index (Phi) is 4.36. The van der Waals surface area contributed by atoms with Gasteiger partial charge in [0.05, 0.1) is 15.2 Å². The Hall–Kier alpha value is -0.330. The van der Waals surface area contributed by atoms with E-state index in [-0.39, 0.29) is 5.75 Å². The zero-order valence-corrected chi connectivity index (χ0v) is 11.2. The highest BCUT2D eigenvalue weighted by molar-refractivity contribution is 9.10. The average Bonchev–Trinajstić information content (AvgIpc) is 2.07. The SMILES string of the molecule is CS(=O)(=O)CCNc1ncc(Cl)cc1Br. The summed E-state index contributed by atoms with van der Waals surface area (Å²) in [4.78, 5) is 4.01. The van der Waals surface area contributed by atoms with Crippen LogP contribution in [-0.4, -0.2) is 32.0 Å². The summed E-state index contributed by atoms with van der Waals surface area (Å²) in [7, 11) is -2.95. The van der Waals surface area contributed by atoms with E-state index in [4.69, 9.17) is 11.6 Å². The minimum Gasteiger partial charge on any atom is -0.368 e. The van der Waals surface area contributed by atoms with Gasteiger partial charge >= 0.3 is 0 Å². The van der Waals surface area contributed by atoms with E-state index in [2.05, 4.69) is 26.2 Å². The lowest BCUT2D eigenvalue weighted by Gasteiger charge is -2.06. The molecule has 0 aliphatic rings. The second-order valence-corrected chi connectivity index (χ2v) is 6.59. The molecule has 1 aromatic rings. The first kappa shape index (κ1) is 12.7. The summed E-state index contributed by atoms with van der Waals surface area (Å²) in [6.45, 7) is 0.325. The van der Waals surface area contributed by atoms with Crippen LogP contribution in [0, 0.1) is 0 Å². The Morgan fingerprint density at radius 3 is 2.80 bits per heavy atom. The summed E-state index contributed by atoms with van der Waals surface area (Å²) in [5.41, 5.74) is 0. The molecule has 15 heavy (non-hydrogen) atoms. The average molecular weight is 314 g/mol. The summed E-state index contributed by atoms with van der Waals surface area (Å²) in [6.07, 6.45) is 2.69. The van der Waals surface area contributed by atoms with Crippen molar-refractivity contribution in [1.29, 1.82) is 0 Å². The number of hydrogen-bond donors (Lipinski definition) is 1. The monoisotopic (exact) mass is 312 g/mol. The number of sulfone groups is 1. The van der Waals surface area contributed by atoms with Crippen molar-refractivity contribution < 1.29 is 8.42 Å². The number of halogens is 2. The molecule has 1 aromatic heterocycles. The molecule has 4 nitrogen and oxygen atoms in total. The van der Waals surface area contributed by atoms with Crippen molar-refractivity contribution in [2.45, 2.75) is 0 Å². The van der Waals surface area contributed by atoms with Crippen LogP contribution in [0.3, 0.4) is 0 Å². The molecule has 1 N–H and O–H groups in total. The van der Waals surface area contributed by atoms with Crippen molar-refractivity contribution in [2.75, 3.05) is 23.9 Å². The molecule has 1 rings (SSSR count). The summed E-state index contributed by atoms with van der Waals surface area (Å²) in [5, 5.41) is 3.42. The molecule has 0 aliphatic heterocycles. The third-order valence-electron chi connectivity index (χ3n) is 1.57. The number of pyridine rings is 1. The van der Waals surface area contributed by atoms with Crippen LogP contribution < -0.4 is 5.32 Å². The van der Waals surface area contributed by atoms with E-state index in [1.165, 1.54) is 12.5 Å². The summed E-state index contributed by atoms with van der Waals surface area (Å²) in [5.74, 6) is 0.659. The molecule has 0 amide bonds. The molecule has 7 heteroatoms. The van der Waals surface area contributed by atoms with Gasteiger partial charge in [-0.25, -0.2) is 13.4 Å². The van der Waals surface area contributed by atoms with Crippen molar-refractivity contribution in [2.24, 2.45) is 0 Å². The molecule has 0 fully saturated rings. The topological polar surface area (TPSA) is 59.1 Å². The van der Waals surface area contributed by atoms with Gasteiger partial charge in [-0.3, -0.25) is 0 Å². The number of nitrogens with zero attached hydrogens (tertiary/aromatic N) is 1. The number of nitrogens with one attached hydrogen (secondary N) is 1. The third-order valence-corrected chi connectivity index (χ3v) is 3.33. The molecular weight excluding hydrogens is 304 g/mol. The molecule has 0 unspecified atom stereocenters. The van der Waals surface area contributed by atoms with Crippen LogP contribution in [-0.2, 0) is 9.84 Å². The van der Waals surface area contributed by atoms with Gasteiger partial charge in [-0.15, -0.1) is 0 Å². The Bertz CT molecular complexity index is 450. The lowest BCUT2D eigenvalue weighted by molar-refractivity contribution is 0.602. The van der Waals surface area contributed by atoms with E-state index in [0.29, 0.717) is 21.9 Å². The van der Waals surface area contributed by atoms with Gasteiger partial charge in [0, 0.05) is 19.0 Å². The Morgan fingerprint density at radius 1 is 1.60 bits per heavy atom. The van der Waals surface area contributed by atoms with Gasteiger partial charge in [-0.2, -0.15) is 0 Å². The Morgan fingerprint density at radius 2 is 2.27 bits per heavy atom. The van der Waals surface area contributed by atoms with Gasteiger partial charge in [0.25, 0.3) is 0 Å². The van der Waals surface area contributed by atoms with Crippen LogP contribution in [0.15, 0.2) is 16.7 Å². The zero-order chi connectivity index (χ0) is 11.5. The van der Waals surface area contributed by atoms with Crippen LogP contribution in [0.2, 0.25) is 5.02 Å². The molecule has 0 radical (unpaired) electrons. The van der Waals surface area contributed by atoms with E-state index in [1.807, 2.05) is 0 Å². The molecule has 0 bridgehead atoms. The van der Waals surface area contributed by atoms with E-state index in [1.54, 1.807) is 6.07 Å². The van der Waals surface area contributed by atoms with Crippen molar-refractivity contribution in [3.8, 4) is 0 Å². The Labute approximate surface area is 102 Å². The maximum absolute atomic E-state index is 10.9. The van der Waals surface area contributed by atoms with Crippen molar-refractivity contribution in [3.05, 3.63) is 21.8 Å². The maximum atomic E-state index is 10.9. The van der Waals surface area contributed by atoms with Crippen LogP contribution in [0.1, 0.15) is 0 Å². The first-order valence-corrected chi connectivity index (χ1v) is 7.34. The zero-order valence-electron chi connectivity index (χ0n) is 8.00. The van der Waals surface area contributed by atoms with E-state index >= 15 is 0 Å². The Balaban J connectivity index is 2.59. The number of hydrogen-bond acceptors (Lipinski definition) is 4. The first-order valence-electron chi connectivity index (χ1n) is 4.11. The second-order valence-electron chi connectivity index (χ2n) is 3.04. The molecule has 0 atom stereocenters. The highest BCUT2D eigenvalue weighted by atomic mass is 79.9. The standard InChI is InChI=1S/C8H10BrClN2O2S/c1-15(13,14)3-2-11-8-7(9)4-6(10)5-12-8/h4-5H,2-3H2,1H3,(H,11,12). The van der Waals surface area contributed by atoms with Crippen molar-refractivity contribution in [1.82, 2.24) is 4.98 Å². The maximum Gasteiger partial charge on any atom is 0.149 e. The van der Waals surface area contributed by atoms with Gasteiger partial charge in [0.15, 0.2) is 0 Å². The molecule has 0 saturated carbocycles. The lowest BCUT2D eigenvalue weighted by Crippen LogP contribution is -2.14. The van der Waals surface area contributed by atoms with E-state index in [9.17, 15) is 8.42 Å². The molecule has 0 saturated heterocycles. The number of rotatable bonds is 4. The first-order chi connectivity index (χ1) is 6.88. The molecule has 0 spiro atoms. The molecule has 0 aliphatic carbocycles. The molecule has 0 aromatic carbocycles. The molecule has 1 heterocycles. The second kappa shape index (κ2) is 5.14. The predicted molar refractivity (Wildman–Crippen MR) is 65.1 cm³/mol. The smallest absolute Gasteiger partial charge is 0.149 e. The minimum atomic E-state index is -2.95. The van der Waals surface area contributed by atoms with Crippen LogP contribution >= 0.6 is 27.5 Å². The number of anilines is 1. The highest BCUT2D eigenvalue weighted by Crippen LogP contribution is 2.22.